The first-order valence-corrected chi connectivity index (χ1v) is 7.75. The number of nitrogens with zero attached hydrogens (tertiary/aromatic N) is 2. The second-order valence-corrected chi connectivity index (χ2v) is 6.52. The zero-order valence-corrected chi connectivity index (χ0v) is 13.3. The highest BCUT2D eigenvalue weighted by Gasteiger charge is 2.35. The van der Waals surface area contributed by atoms with Gasteiger partial charge in [-0.25, -0.2) is 0 Å². The van der Waals surface area contributed by atoms with Crippen LogP contribution in [-0.2, 0) is 0 Å². The molecular formula is C12H10Cl2N4S2. The average Bonchev–Trinajstić information content (AvgIpc) is 3.10. The SMILES string of the molecule is NC(=S)N1NC(=C2C=CC=C2)CC1c1nsc(Cl)c1Cl. The third kappa shape index (κ3) is 2.33. The second kappa shape index (κ2) is 5.37. The van der Waals surface area contributed by atoms with E-state index in [0.717, 1.165) is 11.3 Å². The molecule has 0 spiro atoms. The monoisotopic (exact) mass is 344 g/mol. The van der Waals surface area contributed by atoms with Crippen molar-refractivity contribution in [2.24, 2.45) is 5.73 Å². The molecule has 104 valence electrons. The maximum Gasteiger partial charge on any atom is 0.185 e. The van der Waals surface area contributed by atoms with Gasteiger partial charge in [-0.15, -0.1) is 0 Å². The molecule has 2 aliphatic rings. The Bertz CT molecular complexity index is 648. The molecule has 4 nitrogen and oxygen atoms in total. The summed E-state index contributed by atoms with van der Waals surface area (Å²) in [5, 5.41) is 2.42. The normalized spacial score (nSPS) is 20.9. The molecule has 1 aromatic rings. The van der Waals surface area contributed by atoms with Gasteiger partial charge in [0.15, 0.2) is 5.11 Å². The Hall–Kier alpha value is -1.08. The van der Waals surface area contributed by atoms with E-state index in [1.165, 1.54) is 11.5 Å². The van der Waals surface area contributed by atoms with Crippen molar-refractivity contribution in [3.63, 3.8) is 0 Å². The first-order chi connectivity index (χ1) is 9.58. The highest BCUT2D eigenvalue weighted by atomic mass is 35.5. The molecule has 0 radical (unpaired) electrons. The van der Waals surface area contributed by atoms with Gasteiger partial charge in [-0.3, -0.25) is 10.4 Å². The number of hydrogen-bond donors (Lipinski definition) is 2. The number of rotatable bonds is 1. The summed E-state index contributed by atoms with van der Waals surface area (Å²) >= 11 is 18.4. The van der Waals surface area contributed by atoms with Crippen LogP contribution in [0.4, 0.5) is 0 Å². The Morgan fingerprint density at radius 2 is 2.15 bits per heavy atom. The van der Waals surface area contributed by atoms with Crippen molar-refractivity contribution in [2.75, 3.05) is 0 Å². The Morgan fingerprint density at radius 3 is 2.70 bits per heavy atom. The van der Waals surface area contributed by atoms with Gasteiger partial charge < -0.3 is 5.73 Å². The molecule has 1 atom stereocenters. The van der Waals surface area contributed by atoms with Crippen molar-refractivity contribution in [1.29, 1.82) is 0 Å². The number of nitrogens with one attached hydrogen (secondary N) is 1. The predicted octanol–water partition coefficient (Wildman–Crippen LogP) is 3.33. The Morgan fingerprint density at radius 1 is 1.45 bits per heavy atom. The molecule has 0 bridgehead atoms. The topological polar surface area (TPSA) is 54.2 Å². The van der Waals surface area contributed by atoms with E-state index in [9.17, 15) is 0 Å². The predicted molar refractivity (Wildman–Crippen MR) is 86.6 cm³/mol. The number of thiocarbonyl (C=S) groups is 1. The molecule has 2 heterocycles. The minimum Gasteiger partial charge on any atom is -0.375 e. The number of allylic oxidation sites excluding steroid dienone is 5. The van der Waals surface area contributed by atoms with Crippen LogP contribution in [0.5, 0.6) is 0 Å². The summed E-state index contributed by atoms with van der Waals surface area (Å²) in [6, 6.07) is -0.145. The van der Waals surface area contributed by atoms with E-state index in [4.69, 9.17) is 41.2 Å². The number of nitrogens with two attached hydrogens (primary N) is 1. The van der Waals surface area contributed by atoms with Crippen LogP contribution in [0.15, 0.2) is 35.6 Å². The summed E-state index contributed by atoms with van der Waals surface area (Å²) in [6.45, 7) is 0. The molecule has 0 aromatic carbocycles. The highest BCUT2D eigenvalue weighted by Crippen LogP contribution is 2.40. The van der Waals surface area contributed by atoms with Crippen molar-refractivity contribution in [3.05, 3.63) is 50.6 Å². The molecule has 0 amide bonds. The summed E-state index contributed by atoms with van der Waals surface area (Å²) in [6.07, 6.45) is 8.71. The first-order valence-electron chi connectivity index (χ1n) is 5.81. The van der Waals surface area contributed by atoms with Crippen LogP contribution in [0.1, 0.15) is 18.2 Å². The maximum atomic E-state index is 6.20. The molecular weight excluding hydrogens is 335 g/mol. The van der Waals surface area contributed by atoms with Crippen LogP contribution in [0.3, 0.4) is 0 Å². The van der Waals surface area contributed by atoms with E-state index in [1.54, 1.807) is 5.01 Å². The van der Waals surface area contributed by atoms with Gasteiger partial charge in [0.25, 0.3) is 0 Å². The van der Waals surface area contributed by atoms with Crippen LogP contribution in [0, 0.1) is 0 Å². The van der Waals surface area contributed by atoms with E-state index >= 15 is 0 Å². The standard InChI is InChI=1S/C12H10Cl2N4S2/c13-9-10(17-20-11(9)14)8-5-7(6-3-1-2-4-6)16-18(8)12(15)19/h1-4,8,16H,5H2,(H2,15,19). The van der Waals surface area contributed by atoms with E-state index in [2.05, 4.69) is 9.80 Å². The van der Waals surface area contributed by atoms with E-state index in [-0.39, 0.29) is 11.2 Å². The lowest BCUT2D eigenvalue weighted by Crippen LogP contribution is -2.41. The molecule has 1 aliphatic heterocycles. The molecule has 8 heteroatoms. The fraction of sp³-hybridized carbons (Fsp3) is 0.167. The zero-order chi connectivity index (χ0) is 14.3. The summed E-state index contributed by atoms with van der Waals surface area (Å²) in [4.78, 5) is 0. The molecule has 1 fully saturated rings. The van der Waals surface area contributed by atoms with Crippen molar-refractivity contribution in [3.8, 4) is 0 Å². The summed E-state index contributed by atoms with van der Waals surface area (Å²) in [5.41, 5.74) is 11.8. The lowest BCUT2D eigenvalue weighted by atomic mass is 10.1. The Kier molecular flexibility index (Phi) is 3.72. The molecule has 3 N–H and O–H groups in total. The second-order valence-electron chi connectivity index (χ2n) is 4.35. The van der Waals surface area contributed by atoms with Crippen LogP contribution in [0.25, 0.3) is 0 Å². The Balaban J connectivity index is 1.99. The molecule has 20 heavy (non-hydrogen) atoms. The van der Waals surface area contributed by atoms with Gasteiger partial charge in [0.1, 0.15) is 10.4 Å². The number of hydrogen-bond acceptors (Lipinski definition) is 4. The zero-order valence-electron chi connectivity index (χ0n) is 10.1. The van der Waals surface area contributed by atoms with Crippen LogP contribution < -0.4 is 11.2 Å². The molecule has 3 rings (SSSR count). The van der Waals surface area contributed by atoms with Crippen molar-refractivity contribution in [2.45, 2.75) is 12.5 Å². The average molecular weight is 345 g/mol. The summed E-state index contributed by atoms with van der Waals surface area (Å²) in [5.74, 6) is 0. The number of aromatic nitrogens is 1. The highest BCUT2D eigenvalue weighted by molar-refractivity contribution is 7.80. The van der Waals surface area contributed by atoms with Crippen LogP contribution in [-0.4, -0.2) is 14.5 Å². The molecule has 1 aliphatic carbocycles. The molecule has 1 unspecified atom stereocenters. The summed E-state index contributed by atoms with van der Waals surface area (Å²) < 4.78 is 4.79. The van der Waals surface area contributed by atoms with Crippen LogP contribution >= 0.6 is 47.0 Å². The Labute approximate surface area is 135 Å². The molecule has 0 saturated carbocycles. The lowest BCUT2D eigenvalue weighted by Gasteiger charge is -2.22. The fourth-order valence-electron chi connectivity index (χ4n) is 2.22. The number of halogens is 2. The minimum atomic E-state index is -0.145. The van der Waals surface area contributed by atoms with E-state index in [0.29, 0.717) is 21.5 Å². The van der Waals surface area contributed by atoms with E-state index < -0.39 is 0 Å². The van der Waals surface area contributed by atoms with Crippen molar-refractivity contribution >= 4 is 52.1 Å². The van der Waals surface area contributed by atoms with Gasteiger partial charge >= 0.3 is 0 Å². The van der Waals surface area contributed by atoms with Gasteiger partial charge in [-0.1, -0.05) is 47.5 Å². The largest absolute Gasteiger partial charge is 0.375 e. The van der Waals surface area contributed by atoms with E-state index in [1.807, 2.05) is 24.3 Å². The van der Waals surface area contributed by atoms with Crippen molar-refractivity contribution in [1.82, 2.24) is 14.8 Å². The van der Waals surface area contributed by atoms with Gasteiger partial charge in [0, 0.05) is 12.1 Å². The number of hydrazine groups is 1. The quantitative estimate of drug-likeness (QED) is 0.765. The third-order valence-corrected chi connectivity index (χ3v) is 4.99. The van der Waals surface area contributed by atoms with Crippen molar-refractivity contribution < 1.29 is 0 Å². The maximum absolute atomic E-state index is 6.20. The fourth-order valence-corrected chi connectivity index (χ4v) is 3.49. The van der Waals surface area contributed by atoms with Crippen LogP contribution in [0.2, 0.25) is 9.36 Å². The molecule has 1 saturated heterocycles. The summed E-state index contributed by atoms with van der Waals surface area (Å²) in [7, 11) is 0. The molecule has 1 aromatic heterocycles. The van der Waals surface area contributed by atoms with Gasteiger partial charge in [-0.05, 0) is 29.3 Å². The minimum absolute atomic E-state index is 0.145. The first kappa shape index (κ1) is 13.9. The lowest BCUT2D eigenvalue weighted by molar-refractivity contribution is 0.323. The third-order valence-electron chi connectivity index (χ3n) is 3.15. The smallest absolute Gasteiger partial charge is 0.185 e. The van der Waals surface area contributed by atoms with Gasteiger partial charge in [-0.2, -0.15) is 4.37 Å². The van der Waals surface area contributed by atoms with Gasteiger partial charge in [0.05, 0.1) is 10.7 Å². The van der Waals surface area contributed by atoms with Gasteiger partial charge in [0.2, 0.25) is 0 Å².